The average Bonchev–Trinajstić information content (AvgIpc) is 2.94. The maximum Gasteiger partial charge on any atom is 0.167 e. The molecule has 3 aromatic carbocycles. The molecule has 204 valence electrons. The fourth-order valence-electron chi connectivity index (χ4n) is 3.62. The van der Waals surface area contributed by atoms with Crippen LogP contribution in [-0.4, -0.2) is 57.2 Å². The smallest absolute Gasteiger partial charge is 0.167 e. The quantitative estimate of drug-likeness (QED) is 0.235. The number of benzene rings is 3. The number of aliphatic hydroxyl groups is 1. The molecule has 0 aliphatic heterocycles. The fourth-order valence-corrected chi connectivity index (χ4v) is 3.62. The van der Waals surface area contributed by atoms with Crippen molar-refractivity contribution in [3.63, 3.8) is 0 Å². The Hall–Kier alpha value is -4.37. The lowest BCUT2D eigenvalue weighted by atomic mass is 10.1. The second-order valence-corrected chi connectivity index (χ2v) is 9.70. The molecule has 9 heteroatoms. The zero-order valence-corrected chi connectivity index (χ0v) is 22.5. The van der Waals surface area contributed by atoms with E-state index < -0.39 is 0 Å². The molecule has 0 aliphatic carbocycles. The molecule has 9 nitrogen and oxygen atoms in total. The Morgan fingerprint density at radius 1 is 0.667 bits per heavy atom. The zero-order chi connectivity index (χ0) is 27.9. The number of hydrogen-bond donors (Lipinski definition) is 3. The summed E-state index contributed by atoms with van der Waals surface area (Å²) in [5, 5.41) is 30.9. The lowest BCUT2D eigenvalue weighted by Gasteiger charge is -2.13. The van der Waals surface area contributed by atoms with Crippen molar-refractivity contribution in [3.05, 3.63) is 60.7 Å². The van der Waals surface area contributed by atoms with Gasteiger partial charge in [-0.3, -0.25) is 0 Å². The Kier molecular flexibility index (Phi) is 8.83. The molecule has 0 fully saturated rings. The van der Waals surface area contributed by atoms with Crippen LogP contribution in [0, 0.1) is 11.8 Å². The predicted octanol–water partition coefficient (Wildman–Crippen LogP) is 5.33. The van der Waals surface area contributed by atoms with Gasteiger partial charge in [0, 0.05) is 30.2 Å². The van der Waals surface area contributed by atoms with E-state index in [4.69, 9.17) is 14.2 Å². The summed E-state index contributed by atoms with van der Waals surface area (Å²) in [6, 6.07) is 17.1. The second-order valence-electron chi connectivity index (χ2n) is 9.70. The van der Waals surface area contributed by atoms with Crippen molar-refractivity contribution in [1.82, 2.24) is 15.0 Å². The zero-order valence-electron chi connectivity index (χ0n) is 22.5. The van der Waals surface area contributed by atoms with Crippen LogP contribution < -0.4 is 14.2 Å². The van der Waals surface area contributed by atoms with Crippen molar-refractivity contribution < 1.29 is 29.5 Å². The summed E-state index contributed by atoms with van der Waals surface area (Å²) in [4.78, 5) is 13.9. The molecule has 4 rings (SSSR count). The largest absolute Gasteiger partial charge is 0.507 e. The van der Waals surface area contributed by atoms with Gasteiger partial charge in [-0.15, -0.1) is 0 Å². The molecule has 0 bridgehead atoms. The monoisotopic (exact) mass is 531 g/mol. The molecule has 3 N–H and O–H groups in total. The molecule has 0 saturated carbocycles. The van der Waals surface area contributed by atoms with Crippen LogP contribution in [0.4, 0.5) is 0 Å². The molecule has 0 saturated heterocycles. The van der Waals surface area contributed by atoms with Crippen LogP contribution in [0.5, 0.6) is 28.7 Å². The topological polar surface area (TPSA) is 127 Å². The number of aromatic hydroxyl groups is 2. The molecular formula is C30H33N3O6. The Morgan fingerprint density at radius 3 is 1.62 bits per heavy atom. The van der Waals surface area contributed by atoms with E-state index in [-0.39, 0.29) is 35.7 Å². The van der Waals surface area contributed by atoms with Crippen molar-refractivity contribution in [2.24, 2.45) is 11.8 Å². The molecule has 1 aromatic heterocycles. The highest BCUT2D eigenvalue weighted by atomic mass is 16.5. The third kappa shape index (κ3) is 6.94. The number of methoxy groups -OCH3 is 1. The van der Waals surface area contributed by atoms with Crippen molar-refractivity contribution >= 4 is 0 Å². The van der Waals surface area contributed by atoms with Gasteiger partial charge in [-0.2, -0.15) is 0 Å². The molecule has 0 radical (unpaired) electrons. The van der Waals surface area contributed by atoms with Crippen molar-refractivity contribution in [2.45, 2.75) is 20.8 Å². The third-order valence-corrected chi connectivity index (χ3v) is 5.83. The van der Waals surface area contributed by atoms with E-state index in [1.54, 1.807) is 43.5 Å². The number of ether oxygens (including phenoxy) is 3. The lowest BCUT2D eigenvalue weighted by molar-refractivity contribution is 0.174. The molecule has 0 spiro atoms. The second kappa shape index (κ2) is 12.4. The number of hydrogen-bond acceptors (Lipinski definition) is 9. The van der Waals surface area contributed by atoms with Crippen LogP contribution in [0.3, 0.4) is 0 Å². The first-order chi connectivity index (χ1) is 18.8. The van der Waals surface area contributed by atoms with Gasteiger partial charge in [0.15, 0.2) is 17.5 Å². The Labute approximate surface area is 227 Å². The number of aromatic nitrogens is 3. The molecular weight excluding hydrogens is 498 g/mol. The highest BCUT2D eigenvalue weighted by Gasteiger charge is 2.18. The predicted molar refractivity (Wildman–Crippen MR) is 148 cm³/mol. The number of phenolic OH excluding ortho intramolecular Hbond substituents is 2. The van der Waals surface area contributed by atoms with E-state index in [1.807, 2.05) is 32.9 Å². The van der Waals surface area contributed by atoms with Crippen LogP contribution >= 0.6 is 0 Å². The Balaban J connectivity index is 1.76. The maximum atomic E-state index is 10.8. The standard InChI is InChI=1S/C30H33N3O6/c1-18(2)16-38-22-9-11-24(26(35)13-22)29-31-28(20-5-7-21(37-4)8-6-20)32-30(33-29)25-12-10-23(14-27(25)36)39-17-19(3)15-34/h5-14,18-19,34-36H,15-17H2,1-4H3. The van der Waals surface area contributed by atoms with Crippen LogP contribution in [0.2, 0.25) is 0 Å². The number of aliphatic hydroxyl groups excluding tert-OH is 1. The minimum Gasteiger partial charge on any atom is -0.507 e. The number of nitrogens with zero attached hydrogens (tertiary/aromatic N) is 3. The molecule has 4 aromatic rings. The number of rotatable bonds is 11. The summed E-state index contributed by atoms with van der Waals surface area (Å²) < 4.78 is 16.7. The highest BCUT2D eigenvalue weighted by molar-refractivity contribution is 5.72. The van der Waals surface area contributed by atoms with Gasteiger partial charge < -0.3 is 29.5 Å². The van der Waals surface area contributed by atoms with Gasteiger partial charge in [0.1, 0.15) is 28.7 Å². The lowest BCUT2D eigenvalue weighted by Crippen LogP contribution is -2.12. The van der Waals surface area contributed by atoms with Gasteiger partial charge in [0.05, 0.1) is 31.5 Å². The summed E-state index contributed by atoms with van der Waals surface area (Å²) in [6.45, 7) is 6.79. The first-order valence-corrected chi connectivity index (χ1v) is 12.7. The van der Waals surface area contributed by atoms with Crippen molar-refractivity contribution in [1.29, 1.82) is 0 Å². The Bertz CT molecular complexity index is 1410. The average molecular weight is 532 g/mol. The van der Waals surface area contributed by atoms with Gasteiger partial charge in [-0.1, -0.05) is 20.8 Å². The molecule has 0 amide bonds. The van der Waals surface area contributed by atoms with Crippen molar-refractivity contribution in [3.8, 4) is 62.9 Å². The van der Waals surface area contributed by atoms with Gasteiger partial charge in [-0.25, -0.2) is 15.0 Å². The first kappa shape index (κ1) is 27.7. The van der Waals surface area contributed by atoms with Crippen LogP contribution in [0.1, 0.15) is 20.8 Å². The minimum atomic E-state index is -0.0800. The van der Waals surface area contributed by atoms with Crippen LogP contribution in [-0.2, 0) is 0 Å². The highest BCUT2D eigenvalue weighted by Crippen LogP contribution is 2.36. The molecule has 1 unspecified atom stereocenters. The summed E-state index contributed by atoms with van der Waals surface area (Å²) in [5.41, 5.74) is 1.46. The van der Waals surface area contributed by atoms with Crippen LogP contribution in [0.15, 0.2) is 60.7 Å². The summed E-state index contributed by atoms with van der Waals surface area (Å²) >= 11 is 0. The van der Waals surface area contributed by atoms with E-state index in [1.165, 1.54) is 12.1 Å². The minimum absolute atomic E-state index is 0.00348. The van der Waals surface area contributed by atoms with Gasteiger partial charge in [0.25, 0.3) is 0 Å². The van der Waals surface area contributed by atoms with E-state index in [0.29, 0.717) is 58.9 Å². The molecule has 1 atom stereocenters. The fraction of sp³-hybridized carbons (Fsp3) is 0.300. The van der Waals surface area contributed by atoms with E-state index in [2.05, 4.69) is 15.0 Å². The summed E-state index contributed by atoms with van der Waals surface area (Å²) in [7, 11) is 1.59. The molecule has 0 aliphatic rings. The first-order valence-electron chi connectivity index (χ1n) is 12.7. The van der Waals surface area contributed by atoms with E-state index in [0.717, 1.165) is 0 Å². The summed E-state index contributed by atoms with van der Waals surface area (Å²) in [6.07, 6.45) is 0. The van der Waals surface area contributed by atoms with Gasteiger partial charge in [-0.05, 0) is 54.4 Å². The van der Waals surface area contributed by atoms with Crippen molar-refractivity contribution in [2.75, 3.05) is 26.9 Å². The van der Waals surface area contributed by atoms with Gasteiger partial charge >= 0.3 is 0 Å². The number of phenols is 2. The molecule has 1 heterocycles. The maximum absolute atomic E-state index is 10.8. The van der Waals surface area contributed by atoms with E-state index in [9.17, 15) is 15.3 Å². The van der Waals surface area contributed by atoms with Gasteiger partial charge in [0.2, 0.25) is 0 Å². The normalized spacial score (nSPS) is 11.8. The molecule has 39 heavy (non-hydrogen) atoms. The third-order valence-electron chi connectivity index (χ3n) is 5.83. The summed E-state index contributed by atoms with van der Waals surface area (Å²) in [5.74, 6) is 2.67. The van der Waals surface area contributed by atoms with Crippen LogP contribution in [0.25, 0.3) is 34.2 Å². The Morgan fingerprint density at radius 2 is 1.15 bits per heavy atom. The van der Waals surface area contributed by atoms with E-state index >= 15 is 0 Å². The SMILES string of the molecule is COc1ccc(-c2nc(-c3ccc(OCC(C)C)cc3O)nc(-c3ccc(OCC(C)CO)cc3O)n2)cc1.